The van der Waals surface area contributed by atoms with Crippen LogP contribution in [0.2, 0.25) is 0 Å². The lowest BCUT2D eigenvalue weighted by atomic mass is 10.0. The highest BCUT2D eigenvalue weighted by atomic mass is 14.5. The Morgan fingerprint density at radius 1 is 1.17 bits per heavy atom. The Bertz CT molecular complexity index is 304. The van der Waals surface area contributed by atoms with Gasteiger partial charge in [0.2, 0.25) is 0 Å². The van der Waals surface area contributed by atoms with Gasteiger partial charge < -0.3 is 5.73 Å². The summed E-state index contributed by atoms with van der Waals surface area (Å²) in [5.41, 5.74) is 9.59. The van der Waals surface area contributed by atoms with Crippen molar-refractivity contribution in [3.05, 3.63) is 29.3 Å². The Kier molecular flexibility index (Phi) is 1.60. The Morgan fingerprint density at radius 3 is 2.58 bits per heavy atom. The molecule has 0 aliphatic heterocycles. The minimum absolute atomic E-state index is 0.693. The SMILES string of the molecule is C[C@@H]1C[C@H](C)c2ccc(N)cc21. The molecule has 1 aromatic carbocycles. The highest BCUT2D eigenvalue weighted by Crippen LogP contribution is 2.41. The van der Waals surface area contributed by atoms with Gasteiger partial charge in [-0.3, -0.25) is 0 Å². The monoisotopic (exact) mass is 161 g/mol. The molecule has 2 atom stereocenters. The Hall–Kier alpha value is -0.980. The quantitative estimate of drug-likeness (QED) is 0.582. The van der Waals surface area contributed by atoms with E-state index in [-0.39, 0.29) is 0 Å². The minimum Gasteiger partial charge on any atom is -0.399 e. The predicted octanol–water partition coefficient (Wildman–Crippen LogP) is 2.88. The molecule has 0 radical (unpaired) electrons. The summed E-state index contributed by atoms with van der Waals surface area (Å²) < 4.78 is 0. The van der Waals surface area contributed by atoms with Gasteiger partial charge >= 0.3 is 0 Å². The van der Waals surface area contributed by atoms with E-state index in [4.69, 9.17) is 5.73 Å². The van der Waals surface area contributed by atoms with E-state index in [0.717, 1.165) is 11.6 Å². The molecule has 0 heterocycles. The maximum absolute atomic E-state index is 5.74. The first-order valence-electron chi connectivity index (χ1n) is 4.58. The van der Waals surface area contributed by atoms with E-state index in [0.29, 0.717) is 5.92 Å². The zero-order valence-corrected chi connectivity index (χ0v) is 7.67. The van der Waals surface area contributed by atoms with Crippen LogP contribution in [0.5, 0.6) is 0 Å². The lowest BCUT2D eigenvalue weighted by molar-refractivity contribution is 0.661. The average Bonchev–Trinajstić information content (AvgIpc) is 2.28. The largest absolute Gasteiger partial charge is 0.399 e. The summed E-state index contributed by atoms with van der Waals surface area (Å²) in [4.78, 5) is 0. The lowest BCUT2D eigenvalue weighted by Gasteiger charge is -2.04. The molecule has 64 valence electrons. The van der Waals surface area contributed by atoms with E-state index in [1.807, 2.05) is 6.07 Å². The number of nitrogen functional groups attached to an aromatic ring is 1. The highest BCUT2D eigenvalue weighted by Gasteiger charge is 2.24. The van der Waals surface area contributed by atoms with Crippen LogP contribution in [0.25, 0.3) is 0 Å². The lowest BCUT2D eigenvalue weighted by Crippen LogP contribution is -1.90. The molecule has 0 fully saturated rings. The van der Waals surface area contributed by atoms with Crippen molar-refractivity contribution in [2.45, 2.75) is 32.1 Å². The molecule has 1 aliphatic rings. The van der Waals surface area contributed by atoms with Gasteiger partial charge in [0.25, 0.3) is 0 Å². The van der Waals surface area contributed by atoms with Crippen molar-refractivity contribution in [1.82, 2.24) is 0 Å². The fraction of sp³-hybridized carbons (Fsp3) is 0.455. The van der Waals surface area contributed by atoms with Gasteiger partial charge in [0.1, 0.15) is 0 Å². The Balaban J connectivity index is 2.53. The molecule has 0 unspecified atom stereocenters. The number of anilines is 1. The summed E-state index contributed by atoms with van der Waals surface area (Å²) in [6.45, 7) is 4.57. The second-order valence-electron chi connectivity index (χ2n) is 3.93. The van der Waals surface area contributed by atoms with Crippen molar-refractivity contribution in [3.63, 3.8) is 0 Å². The van der Waals surface area contributed by atoms with Crippen LogP contribution >= 0.6 is 0 Å². The summed E-state index contributed by atoms with van der Waals surface area (Å²) in [7, 11) is 0. The van der Waals surface area contributed by atoms with Crippen molar-refractivity contribution >= 4 is 5.69 Å². The third-order valence-corrected chi connectivity index (χ3v) is 2.88. The van der Waals surface area contributed by atoms with Crippen LogP contribution in [0, 0.1) is 0 Å². The first kappa shape index (κ1) is 7.66. The molecule has 12 heavy (non-hydrogen) atoms. The van der Waals surface area contributed by atoms with Crippen molar-refractivity contribution in [2.75, 3.05) is 5.73 Å². The Morgan fingerprint density at radius 2 is 1.83 bits per heavy atom. The molecule has 1 heteroatoms. The number of fused-ring (bicyclic) bond motifs is 1. The zero-order chi connectivity index (χ0) is 8.72. The van der Waals surface area contributed by atoms with Crippen LogP contribution in [0.3, 0.4) is 0 Å². The predicted molar refractivity (Wildman–Crippen MR) is 52.3 cm³/mol. The summed E-state index contributed by atoms with van der Waals surface area (Å²) in [6.07, 6.45) is 1.28. The van der Waals surface area contributed by atoms with Gasteiger partial charge in [-0.05, 0) is 41.5 Å². The summed E-state index contributed by atoms with van der Waals surface area (Å²) in [5, 5.41) is 0. The number of rotatable bonds is 0. The molecular weight excluding hydrogens is 146 g/mol. The highest BCUT2D eigenvalue weighted by molar-refractivity contribution is 5.49. The smallest absolute Gasteiger partial charge is 0.0317 e. The van der Waals surface area contributed by atoms with Crippen LogP contribution < -0.4 is 5.73 Å². The van der Waals surface area contributed by atoms with Crippen LogP contribution in [-0.4, -0.2) is 0 Å². The summed E-state index contributed by atoms with van der Waals surface area (Å²) >= 11 is 0. The molecule has 0 spiro atoms. The molecule has 0 saturated heterocycles. The first-order chi connectivity index (χ1) is 5.68. The van der Waals surface area contributed by atoms with Gasteiger partial charge in [-0.25, -0.2) is 0 Å². The third kappa shape index (κ3) is 1.01. The van der Waals surface area contributed by atoms with Crippen molar-refractivity contribution in [1.29, 1.82) is 0 Å². The van der Waals surface area contributed by atoms with Crippen LogP contribution in [0.15, 0.2) is 18.2 Å². The fourth-order valence-corrected chi connectivity index (χ4v) is 2.25. The van der Waals surface area contributed by atoms with Gasteiger partial charge in [-0.1, -0.05) is 19.9 Å². The van der Waals surface area contributed by atoms with Gasteiger partial charge in [-0.15, -0.1) is 0 Å². The van der Waals surface area contributed by atoms with Crippen LogP contribution in [0.4, 0.5) is 5.69 Å². The van der Waals surface area contributed by atoms with Gasteiger partial charge in [0.05, 0.1) is 0 Å². The molecule has 2 rings (SSSR count). The first-order valence-corrected chi connectivity index (χ1v) is 4.58. The molecule has 1 nitrogen and oxygen atoms in total. The van der Waals surface area contributed by atoms with Gasteiger partial charge in [0, 0.05) is 5.69 Å². The molecule has 1 aliphatic carbocycles. The Labute approximate surface area is 73.6 Å². The van der Waals surface area contributed by atoms with E-state index >= 15 is 0 Å². The van der Waals surface area contributed by atoms with Crippen molar-refractivity contribution in [3.8, 4) is 0 Å². The third-order valence-electron chi connectivity index (χ3n) is 2.88. The van der Waals surface area contributed by atoms with E-state index in [9.17, 15) is 0 Å². The van der Waals surface area contributed by atoms with Crippen LogP contribution in [-0.2, 0) is 0 Å². The number of nitrogens with two attached hydrogens (primary N) is 1. The second-order valence-corrected chi connectivity index (χ2v) is 3.93. The zero-order valence-electron chi connectivity index (χ0n) is 7.67. The van der Waals surface area contributed by atoms with Gasteiger partial charge in [0.15, 0.2) is 0 Å². The molecule has 0 saturated carbocycles. The molecule has 2 N–H and O–H groups in total. The second kappa shape index (κ2) is 2.51. The standard InChI is InChI=1S/C11H15N/c1-7-5-8(2)11-6-9(12)3-4-10(7)11/h3-4,6-8H,5,12H2,1-2H3/t7-,8+/m0/s1. The molecular formula is C11H15N. The molecule has 0 aromatic heterocycles. The topological polar surface area (TPSA) is 26.0 Å². The van der Waals surface area contributed by atoms with E-state index in [1.54, 1.807) is 0 Å². The molecule has 0 bridgehead atoms. The van der Waals surface area contributed by atoms with E-state index in [2.05, 4.69) is 26.0 Å². The van der Waals surface area contributed by atoms with Crippen molar-refractivity contribution in [2.24, 2.45) is 0 Å². The fourth-order valence-electron chi connectivity index (χ4n) is 2.25. The normalized spacial score (nSPS) is 27.2. The number of hydrogen-bond acceptors (Lipinski definition) is 1. The van der Waals surface area contributed by atoms with Crippen molar-refractivity contribution < 1.29 is 0 Å². The average molecular weight is 161 g/mol. The maximum atomic E-state index is 5.74. The van der Waals surface area contributed by atoms with Gasteiger partial charge in [-0.2, -0.15) is 0 Å². The van der Waals surface area contributed by atoms with Crippen LogP contribution in [0.1, 0.15) is 43.2 Å². The maximum Gasteiger partial charge on any atom is 0.0317 e. The summed E-state index contributed by atoms with van der Waals surface area (Å²) in [6, 6.07) is 6.32. The number of benzene rings is 1. The molecule has 1 aromatic rings. The van der Waals surface area contributed by atoms with E-state index < -0.39 is 0 Å². The molecule has 0 amide bonds. The number of hydrogen-bond donors (Lipinski definition) is 1. The summed E-state index contributed by atoms with van der Waals surface area (Å²) in [5.74, 6) is 1.41. The van der Waals surface area contributed by atoms with E-state index in [1.165, 1.54) is 17.5 Å². The minimum atomic E-state index is 0.693.